The number of nitrogens with zero attached hydrogens (tertiary/aromatic N) is 1. The van der Waals surface area contributed by atoms with Crippen molar-refractivity contribution in [1.29, 1.82) is 0 Å². The van der Waals surface area contributed by atoms with Gasteiger partial charge in [0, 0.05) is 23.5 Å². The van der Waals surface area contributed by atoms with Crippen molar-refractivity contribution in [1.82, 2.24) is 4.90 Å². The van der Waals surface area contributed by atoms with E-state index in [2.05, 4.69) is 20.7 Å². The summed E-state index contributed by atoms with van der Waals surface area (Å²) in [5.41, 5.74) is 0.368. The first-order valence-electron chi connectivity index (χ1n) is 6.14. The summed E-state index contributed by atoms with van der Waals surface area (Å²) in [4.78, 5) is 14.3. The molecule has 0 bridgehead atoms. The highest BCUT2D eigenvalue weighted by Gasteiger charge is 2.31. The minimum Gasteiger partial charge on any atom is -0.406 e. The van der Waals surface area contributed by atoms with Crippen LogP contribution in [-0.2, 0) is 0 Å². The maximum absolute atomic E-state index is 12.2. The Morgan fingerprint density at radius 3 is 2.25 bits per heavy atom. The van der Waals surface area contributed by atoms with Gasteiger partial charge in [0.1, 0.15) is 5.75 Å². The van der Waals surface area contributed by atoms with Crippen molar-refractivity contribution in [2.75, 3.05) is 13.1 Å². The quantitative estimate of drug-likeness (QED) is 0.762. The lowest BCUT2D eigenvalue weighted by molar-refractivity contribution is -0.274. The number of hydrogen-bond donors (Lipinski definition) is 0. The number of carbonyl (C=O) groups excluding carboxylic acids is 1. The topological polar surface area (TPSA) is 29.5 Å². The Labute approximate surface area is 122 Å². The molecule has 0 spiro atoms. The summed E-state index contributed by atoms with van der Waals surface area (Å²) in [6.07, 6.45) is -2.97. The lowest BCUT2D eigenvalue weighted by Gasteiger charge is -2.29. The number of piperidine rings is 1. The van der Waals surface area contributed by atoms with Crippen LogP contribution in [0, 0.1) is 0 Å². The van der Waals surface area contributed by atoms with Crippen molar-refractivity contribution in [3.05, 3.63) is 29.8 Å². The lowest BCUT2D eigenvalue weighted by Crippen LogP contribution is -2.38. The molecule has 7 heteroatoms. The first-order chi connectivity index (χ1) is 9.35. The molecule has 20 heavy (non-hydrogen) atoms. The number of carbonyl (C=O) groups is 1. The van der Waals surface area contributed by atoms with E-state index >= 15 is 0 Å². The average Bonchev–Trinajstić information content (AvgIpc) is 2.38. The number of alkyl halides is 4. The third kappa shape index (κ3) is 4.13. The van der Waals surface area contributed by atoms with Crippen LogP contribution in [0.5, 0.6) is 5.75 Å². The van der Waals surface area contributed by atoms with Gasteiger partial charge in [-0.05, 0) is 37.1 Å². The Morgan fingerprint density at radius 2 is 1.75 bits per heavy atom. The van der Waals surface area contributed by atoms with Gasteiger partial charge in [-0.15, -0.1) is 13.2 Å². The second-order valence-electron chi connectivity index (χ2n) is 4.54. The molecule has 1 fully saturated rings. The number of halogens is 4. The van der Waals surface area contributed by atoms with E-state index in [9.17, 15) is 18.0 Å². The van der Waals surface area contributed by atoms with Crippen LogP contribution >= 0.6 is 15.9 Å². The largest absolute Gasteiger partial charge is 0.573 e. The zero-order valence-corrected chi connectivity index (χ0v) is 12.1. The third-order valence-corrected chi connectivity index (χ3v) is 3.96. The van der Waals surface area contributed by atoms with Crippen LogP contribution < -0.4 is 4.74 Å². The maximum atomic E-state index is 12.2. The molecule has 2 rings (SSSR count). The number of rotatable bonds is 2. The summed E-state index contributed by atoms with van der Waals surface area (Å²) in [7, 11) is 0. The van der Waals surface area contributed by atoms with Gasteiger partial charge >= 0.3 is 6.36 Å². The molecule has 110 valence electrons. The number of amides is 1. The van der Waals surface area contributed by atoms with E-state index in [0.717, 1.165) is 25.0 Å². The van der Waals surface area contributed by atoms with Crippen LogP contribution in [0.1, 0.15) is 23.2 Å². The van der Waals surface area contributed by atoms with E-state index in [1.165, 1.54) is 12.1 Å². The molecule has 0 N–H and O–H groups in total. The molecule has 3 nitrogen and oxygen atoms in total. The van der Waals surface area contributed by atoms with Crippen LogP contribution in [0.25, 0.3) is 0 Å². The minimum absolute atomic E-state index is 0.164. The Kier molecular flexibility index (Phi) is 4.57. The zero-order chi connectivity index (χ0) is 14.8. The Bertz CT molecular complexity index is 467. The van der Waals surface area contributed by atoms with Gasteiger partial charge in [0.15, 0.2) is 0 Å². The van der Waals surface area contributed by atoms with E-state index in [-0.39, 0.29) is 11.7 Å². The van der Waals surface area contributed by atoms with Crippen molar-refractivity contribution < 1.29 is 22.7 Å². The van der Waals surface area contributed by atoms with Crippen LogP contribution in [0.2, 0.25) is 0 Å². The molecule has 1 aliphatic rings. The molecular formula is C13H13BrF3NO2. The average molecular weight is 352 g/mol. The fourth-order valence-corrected chi connectivity index (χ4v) is 2.44. The second kappa shape index (κ2) is 6.03. The predicted molar refractivity (Wildman–Crippen MR) is 71.0 cm³/mol. The highest BCUT2D eigenvalue weighted by Crippen LogP contribution is 2.24. The van der Waals surface area contributed by atoms with E-state index in [4.69, 9.17) is 0 Å². The Hall–Kier alpha value is -1.24. The highest BCUT2D eigenvalue weighted by molar-refractivity contribution is 9.09. The third-order valence-electron chi connectivity index (χ3n) is 3.05. The molecule has 1 aromatic rings. The highest BCUT2D eigenvalue weighted by atomic mass is 79.9. The molecule has 0 radical (unpaired) electrons. The molecule has 0 atom stereocenters. The molecular weight excluding hydrogens is 339 g/mol. The molecule has 1 amide bonds. The van der Waals surface area contributed by atoms with E-state index in [1.54, 1.807) is 4.90 Å². The predicted octanol–water partition coefficient (Wildman–Crippen LogP) is 3.58. The molecule has 1 aromatic carbocycles. The minimum atomic E-state index is -4.72. The molecule has 1 aliphatic heterocycles. The first kappa shape index (κ1) is 15.2. The van der Waals surface area contributed by atoms with E-state index < -0.39 is 6.36 Å². The normalized spacial score (nSPS) is 17.1. The van der Waals surface area contributed by atoms with Gasteiger partial charge in [-0.3, -0.25) is 4.79 Å². The first-order valence-corrected chi connectivity index (χ1v) is 7.06. The fraction of sp³-hybridized carbons (Fsp3) is 0.462. The van der Waals surface area contributed by atoms with Crippen LogP contribution in [0.4, 0.5) is 13.2 Å². The number of hydrogen-bond acceptors (Lipinski definition) is 2. The summed E-state index contributed by atoms with van der Waals surface area (Å²) in [5, 5.41) is 0. The van der Waals surface area contributed by atoms with Crippen LogP contribution in [-0.4, -0.2) is 35.1 Å². The SMILES string of the molecule is O=C(c1ccc(OC(F)(F)F)cc1)N1CCC(Br)CC1. The molecule has 0 aromatic heterocycles. The maximum Gasteiger partial charge on any atom is 0.573 e. The van der Waals surface area contributed by atoms with Crippen molar-refractivity contribution in [2.24, 2.45) is 0 Å². The van der Waals surface area contributed by atoms with Gasteiger partial charge in [-0.25, -0.2) is 0 Å². The smallest absolute Gasteiger partial charge is 0.406 e. The zero-order valence-electron chi connectivity index (χ0n) is 10.5. The molecule has 1 heterocycles. The Morgan fingerprint density at radius 1 is 1.20 bits per heavy atom. The molecule has 0 saturated carbocycles. The van der Waals surface area contributed by atoms with Gasteiger partial charge < -0.3 is 9.64 Å². The number of ether oxygens (including phenoxy) is 1. The van der Waals surface area contributed by atoms with Gasteiger partial charge in [-0.1, -0.05) is 15.9 Å². The van der Waals surface area contributed by atoms with Crippen molar-refractivity contribution in [2.45, 2.75) is 24.0 Å². The monoisotopic (exact) mass is 351 g/mol. The number of benzene rings is 1. The summed E-state index contributed by atoms with van der Waals surface area (Å²) >= 11 is 3.50. The molecule has 0 aliphatic carbocycles. The van der Waals surface area contributed by atoms with Crippen molar-refractivity contribution >= 4 is 21.8 Å². The van der Waals surface area contributed by atoms with Gasteiger partial charge in [-0.2, -0.15) is 0 Å². The second-order valence-corrected chi connectivity index (χ2v) is 5.83. The van der Waals surface area contributed by atoms with Gasteiger partial charge in [0.2, 0.25) is 0 Å². The lowest BCUT2D eigenvalue weighted by atomic mass is 10.1. The summed E-state index contributed by atoms with van der Waals surface area (Å²) in [5.74, 6) is -0.490. The van der Waals surface area contributed by atoms with Crippen LogP contribution in [0.3, 0.4) is 0 Å². The van der Waals surface area contributed by atoms with E-state index in [0.29, 0.717) is 23.5 Å². The van der Waals surface area contributed by atoms with Crippen LogP contribution in [0.15, 0.2) is 24.3 Å². The molecule has 1 saturated heterocycles. The molecule has 0 unspecified atom stereocenters. The fourth-order valence-electron chi connectivity index (χ4n) is 2.03. The Balaban J connectivity index is 2.00. The summed E-state index contributed by atoms with van der Waals surface area (Å²) < 4.78 is 39.8. The standard InChI is InChI=1S/C13H13BrF3NO2/c14-10-5-7-18(8-6-10)12(19)9-1-3-11(4-2-9)20-13(15,16)17/h1-4,10H,5-8H2. The van der Waals surface area contributed by atoms with Gasteiger partial charge in [0.05, 0.1) is 0 Å². The van der Waals surface area contributed by atoms with Gasteiger partial charge in [0.25, 0.3) is 5.91 Å². The number of likely N-dealkylation sites (tertiary alicyclic amines) is 1. The summed E-state index contributed by atoms with van der Waals surface area (Å²) in [6, 6.07) is 5.00. The van der Waals surface area contributed by atoms with Crippen molar-refractivity contribution in [3.8, 4) is 5.75 Å². The van der Waals surface area contributed by atoms with E-state index in [1.807, 2.05) is 0 Å². The van der Waals surface area contributed by atoms with Crippen molar-refractivity contribution in [3.63, 3.8) is 0 Å². The summed E-state index contributed by atoms with van der Waals surface area (Å²) in [6.45, 7) is 1.30.